The molecule has 2 nitrogen and oxygen atoms in total. The van der Waals surface area contributed by atoms with Gasteiger partial charge in [-0.25, -0.2) is 4.39 Å². The van der Waals surface area contributed by atoms with Crippen molar-refractivity contribution >= 4 is 0 Å². The monoisotopic (exact) mass is 198 g/mol. The first-order valence-electron chi connectivity index (χ1n) is 4.63. The number of benzene rings is 1. The molecule has 0 fully saturated rings. The van der Waals surface area contributed by atoms with Gasteiger partial charge in [0, 0.05) is 26.2 Å². The molecular weight excluding hydrogens is 183 g/mol. The summed E-state index contributed by atoms with van der Waals surface area (Å²) in [6, 6.07) is 6.15. The van der Waals surface area contributed by atoms with Crippen LogP contribution in [0.4, 0.5) is 4.39 Å². The van der Waals surface area contributed by atoms with Gasteiger partial charge in [-0.3, -0.25) is 0 Å². The fourth-order valence-corrected chi connectivity index (χ4v) is 1.12. The van der Waals surface area contributed by atoms with Crippen molar-refractivity contribution in [1.82, 2.24) is 0 Å². The van der Waals surface area contributed by atoms with E-state index in [-0.39, 0.29) is 11.9 Å². The molecule has 3 heteroatoms. The van der Waals surface area contributed by atoms with Gasteiger partial charge in [-0.05, 0) is 19.1 Å². The van der Waals surface area contributed by atoms with E-state index in [0.29, 0.717) is 12.4 Å². The van der Waals surface area contributed by atoms with Crippen LogP contribution in [-0.4, -0.2) is 19.8 Å². The molecular formula is C11H15FO2. The maximum absolute atomic E-state index is 12.8. The molecule has 78 valence electrons. The van der Waals surface area contributed by atoms with Crippen LogP contribution in [0.15, 0.2) is 24.3 Å². The zero-order valence-electron chi connectivity index (χ0n) is 8.50. The van der Waals surface area contributed by atoms with E-state index in [1.165, 1.54) is 12.1 Å². The van der Waals surface area contributed by atoms with Gasteiger partial charge in [0.25, 0.3) is 0 Å². The Bertz CT molecular complexity index is 276. The van der Waals surface area contributed by atoms with Gasteiger partial charge in [0.05, 0.1) is 6.10 Å². The third kappa shape index (κ3) is 3.75. The lowest BCUT2D eigenvalue weighted by Crippen LogP contribution is -2.14. The van der Waals surface area contributed by atoms with Crippen LogP contribution >= 0.6 is 0 Å². The third-order valence-electron chi connectivity index (χ3n) is 1.86. The van der Waals surface area contributed by atoms with Gasteiger partial charge in [-0.2, -0.15) is 0 Å². The lowest BCUT2D eigenvalue weighted by molar-refractivity contribution is 0.135. The molecule has 0 spiro atoms. The molecule has 0 heterocycles. The second kappa shape index (κ2) is 5.60. The van der Waals surface area contributed by atoms with E-state index in [1.807, 2.05) is 6.92 Å². The molecule has 0 aliphatic carbocycles. The largest absolute Gasteiger partial charge is 0.491 e. The van der Waals surface area contributed by atoms with Crippen LogP contribution in [0.5, 0.6) is 5.75 Å². The van der Waals surface area contributed by atoms with Crippen molar-refractivity contribution in [2.45, 2.75) is 19.4 Å². The minimum atomic E-state index is -0.276. The molecule has 0 amide bonds. The topological polar surface area (TPSA) is 18.5 Å². The molecule has 0 aliphatic rings. The lowest BCUT2D eigenvalue weighted by Gasteiger charge is -2.13. The fraction of sp³-hybridized carbons (Fsp3) is 0.455. The van der Waals surface area contributed by atoms with Crippen molar-refractivity contribution in [2.24, 2.45) is 0 Å². The van der Waals surface area contributed by atoms with Crippen LogP contribution in [0.25, 0.3) is 0 Å². The Morgan fingerprint density at radius 1 is 1.43 bits per heavy atom. The van der Waals surface area contributed by atoms with Gasteiger partial charge < -0.3 is 9.47 Å². The van der Waals surface area contributed by atoms with Crippen molar-refractivity contribution in [1.29, 1.82) is 0 Å². The summed E-state index contributed by atoms with van der Waals surface area (Å²) < 4.78 is 23.2. The van der Waals surface area contributed by atoms with E-state index in [2.05, 4.69) is 0 Å². The molecule has 0 aliphatic heterocycles. The highest BCUT2D eigenvalue weighted by molar-refractivity contribution is 5.22. The van der Waals surface area contributed by atoms with Gasteiger partial charge in [0.2, 0.25) is 0 Å². The Balaban J connectivity index is 2.43. The van der Waals surface area contributed by atoms with Crippen LogP contribution < -0.4 is 4.74 Å². The van der Waals surface area contributed by atoms with Crippen LogP contribution in [0, 0.1) is 5.82 Å². The van der Waals surface area contributed by atoms with E-state index in [9.17, 15) is 4.39 Å². The Morgan fingerprint density at radius 2 is 2.21 bits per heavy atom. The summed E-state index contributed by atoms with van der Waals surface area (Å²) in [5.74, 6) is 0.287. The Hall–Kier alpha value is -1.09. The quantitative estimate of drug-likeness (QED) is 0.724. The second-order valence-electron chi connectivity index (χ2n) is 3.17. The molecule has 1 aromatic rings. The van der Waals surface area contributed by atoms with Gasteiger partial charge in [-0.15, -0.1) is 0 Å². The maximum Gasteiger partial charge on any atom is 0.126 e. The third-order valence-corrected chi connectivity index (χ3v) is 1.86. The second-order valence-corrected chi connectivity index (χ2v) is 3.17. The van der Waals surface area contributed by atoms with Crippen LogP contribution in [0.3, 0.4) is 0 Å². The average Bonchev–Trinajstić information content (AvgIpc) is 2.15. The molecule has 1 unspecified atom stereocenters. The summed E-state index contributed by atoms with van der Waals surface area (Å²) in [6.45, 7) is 2.58. The van der Waals surface area contributed by atoms with Crippen molar-refractivity contribution in [3.63, 3.8) is 0 Å². The highest BCUT2D eigenvalue weighted by atomic mass is 19.1. The Morgan fingerprint density at radius 3 is 2.86 bits per heavy atom. The number of ether oxygens (including phenoxy) is 2. The standard InChI is InChI=1S/C11H15FO2/c1-9(6-7-13-2)14-11-5-3-4-10(12)8-11/h3-5,8-9H,6-7H2,1-2H3. The number of rotatable bonds is 5. The highest BCUT2D eigenvalue weighted by Gasteiger charge is 2.03. The molecule has 0 saturated heterocycles. The summed E-state index contributed by atoms with van der Waals surface area (Å²) >= 11 is 0. The minimum absolute atomic E-state index is 0.0387. The van der Waals surface area contributed by atoms with E-state index < -0.39 is 0 Å². The van der Waals surface area contributed by atoms with Crippen molar-refractivity contribution in [2.75, 3.05) is 13.7 Å². The maximum atomic E-state index is 12.8. The van der Waals surface area contributed by atoms with Gasteiger partial charge in [0.1, 0.15) is 11.6 Å². The molecule has 1 atom stereocenters. The lowest BCUT2D eigenvalue weighted by atomic mass is 10.3. The van der Waals surface area contributed by atoms with E-state index in [1.54, 1.807) is 19.2 Å². The fourth-order valence-electron chi connectivity index (χ4n) is 1.12. The first-order chi connectivity index (χ1) is 6.72. The Labute approximate surface area is 83.6 Å². The van der Waals surface area contributed by atoms with Crippen molar-refractivity contribution in [3.8, 4) is 5.75 Å². The van der Waals surface area contributed by atoms with Crippen LogP contribution in [-0.2, 0) is 4.74 Å². The predicted molar refractivity (Wildman–Crippen MR) is 53.0 cm³/mol. The average molecular weight is 198 g/mol. The molecule has 1 aromatic carbocycles. The normalized spacial score (nSPS) is 12.5. The summed E-state index contributed by atoms with van der Waals surface area (Å²) in [6.07, 6.45) is 0.837. The summed E-state index contributed by atoms with van der Waals surface area (Å²) in [5.41, 5.74) is 0. The van der Waals surface area contributed by atoms with Crippen molar-refractivity contribution < 1.29 is 13.9 Å². The van der Waals surface area contributed by atoms with Gasteiger partial charge in [-0.1, -0.05) is 6.07 Å². The summed E-state index contributed by atoms with van der Waals surface area (Å²) in [4.78, 5) is 0. The molecule has 14 heavy (non-hydrogen) atoms. The number of hydrogen-bond acceptors (Lipinski definition) is 2. The molecule has 0 aromatic heterocycles. The van der Waals surface area contributed by atoms with E-state index in [4.69, 9.17) is 9.47 Å². The van der Waals surface area contributed by atoms with Crippen LogP contribution in [0.1, 0.15) is 13.3 Å². The van der Waals surface area contributed by atoms with E-state index in [0.717, 1.165) is 6.42 Å². The smallest absolute Gasteiger partial charge is 0.126 e. The zero-order chi connectivity index (χ0) is 10.4. The molecule has 0 N–H and O–H groups in total. The number of hydrogen-bond donors (Lipinski definition) is 0. The van der Waals surface area contributed by atoms with Crippen molar-refractivity contribution in [3.05, 3.63) is 30.1 Å². The van der Waals surface area contributed by atoms with E-state index >= 15 is 0 Å². The molecule has 1 rings (SSSR count). The molecule has 0 bridgehead atoms. The first kappa shape index (κ1) is 11.0. The van der Waals surface area contributed by atoms with Gasteiger partial charge in [0.15, 0.2) is 0 Å². The predicted octanol–water partition coefficient (Wildman–Crippen LogP) is 2.63. The minimum Gasteiger partial charge on any atom is -0.491 e. The SMILES string of the molecule is COCCC(C)Oc1cccc(F)c1. The molecule has 0 radical (unpaired) electrons. The Kier molecular flexibility index (Phi) is 4.40. The summed E-state index contributed by atoms with van der Waals surface area (Å²) in [7, 11) is 1.65. The first-order valence-corrected chi connectivity index (χ1v) is 4.63. The number of halogens is 1. The summed E-state index contributed by atoms with van der Waals surface area (Å²) in [5, 5.41) is 0. The molecule has 0 saturated carbocycles. The highest BCUT2D eigenvalue weighted by Crippen LogP contribution is 2.14. The van der Waals surface area contributed by atoms with Gasteiger partial charge >= 0.3 is 0 Å². The number of methoxy groups -OCH3 is 1. The van der Waals surface area contributed by atoms with Crippen LogP contribution in [0.2, 0.25) is 0 Å². The zero-order valence-corrected chi connectivity index (χ0v) is 8.50.